The van der Waals surface area contributed by atoms with Crippen LogP contribution in [-0.4, -0.2) is 5.88 Å². The van der Waals surface area contributed by atoms with Crippen LogP contribution >= 0.6 is 11.6 Å². The van der Waals surface area contributed by atoms with Gasteiger partial charge in [0.1, 0.15) is 11.6 Å². The molecule has 0 N–H and O–H groups in total. The Kier molecular flexibility index (Phi) is 4.54. The van der Waals surface area contributed by atoms with Gasteiger partial charge in [-0.2, -0.15) is 0 Å². The summed E-state index contributed by atoms with van der Waals surface area (Å²) in [6, 6.07) is 11.5. The van der Waals surface area contributed by atoms with Gasteiger partial charge in [-0.05, 0) is 42.2 Å². The molecule has 0 radical (unpaired) electrons. The van der Waals surface area contributed by atoms with Gasteiger partial charge < -0.3 is 0 Å². The van der Waals surface area contributed by atoms with Gasteiger partial charge in [0.25, 0.3) is 0 Å². The predicted octanol–water partition coefficient (Wildman–Crippen LogP) is 4.84. The number of hydrogen-bond donors (Lipinski definition) is 0. The van der Waals surface area contributed by atoms with Gasteiger partial charge in [0.2, 0.25) is 0 Å². The quantitative estimate of drug-likeness (QED) is 0.703. The summed E-state index contributed by atoms with van der Waals surface area (Å²) in [7, 11) is 0. The average molecular weight is 281 g/mol. The Morgan fingerprint density at radius 1 is 1.05 bits per heavy atom. The highest BCUT2D eigenvalue weighted by Crippen LogP contribution is 2.25. The van der Waals surface area contributed by atoms with Gasteiger partial charge in [-0.1, -0.05) is 24.3 Å². The van der Waals surface area contributed by atoms with E-state index in [0.29, 0.717) is 17.9 Å². The fraction of sp³-hybridized carbons (Fsp3) is 0.250. The van der Waals surface area contributed by atoms with Crippen LogP contribution in [0.3, 0.4) is 0 Å². The second-order valence-electron chi connectivity index (χ2n) is 4.69. The molecule has 0 nitrogen and oxygen atoms in total. The van der Waals surface area contributed by atoms with Gasteiger partial charge in [-0.25, -0.2) is 8.78 Å². The molecule has 0 amide bonds. The highest BCUT2D eigenvalue weighted by Gasteiger charge is 2.14. The Hall–Kier alpha value is -1.41. The molecule has 0 bridgehead atoms. The molecule has 0 aliphatic carbocycles. The summed E-state index contributed by atoms with van der Waals surface area (Å²) in [5.74, 6) is -0.617. The first-order valence-corrected chi connectivity index (χ1v) is 6.70. The first-order valence-electron chi connectivity index (χ1n) is 6.16. The molecule has 0 aromatic heterocycles. The van der Waals surface area contributed by atoms with E-state index in [4.69, 9.17) is 11.6 Å². The zero-order valence-electron chi connectivity index (χ0n) is 10.7. The SMILES string of the molecule is Cc1ccccc1C(CCl)Cc1cc(F)cc(F)c1. The van der Waals surface area contributed by atoms with Crippen LogP contribution in [0.2, 0.25) is 0 Å². The molecule has 19 heavy (non-hydrogen) atoms. The molecular formula is C16H15ClF2. The summed E-state index contributed by atoms with van der Waals surface area (Å²) in [6.07, 6.45) is 0.531. The fourth-order valence-electron chi connectivity index (χ4n) is 2.31. The van der Waals surface area contributed by atoms with Crippen LogP contribution in [0.15, 0.2) is 42.5 Å². The van der Waals surface area contributed by atoms with Crippen molar-refractivity contribution in [3.8, 4) is 0 Å². The third kappa shape index (κ3) is 3.54. The minimum atomic E-state index is -0.548. The van der Waals surface area contributed by atoms with E-state index in [0.717, 1.165) is 17.2 Å². The van der Waals surface area contributed by atoms with E-state index in [1.54, 1.807) is 0 Å². The lowest BCUT2D eigenvalue weighted by Gasteiger charge is -2.17. The third-order valence-corrected chi connectivity index (χ3v) is 3.59. The molecule has 1 unspecified atom stereocenters. The van der Waals surface area contributed by atoms with Gasteiger partial charge in [-0.3, -0.25) is 0 Å². The molecule has 0 aliphatic heterocycles. The molecule has 2 aromatic rings. The summed E-state index contributed by atoms with van der Waals surface area (Å²) in [5.41, 5.74) is 2.90. The predicted molar refractivity (Wildman–Crippen MR) is 74.7 cm³/mol. The van der Waals surface area contributed by atoms with Crippen LogP contribution in [0.25, 0.3) is 0 Å². The standard InChI is InChI=1S/C16H15ClF2/c1-11-4-2-3-5-16(11)13(10-17)6-12-7-14(18)9-15(19)8-12/h2-5,7-9,13H,6,10H2,1H3. The molecule has 2 rings (SSSR count). The molecule has 0 spiro atoms. The van der Waals surface area contributed by atoms with Crippen molar-refractivity contribution in [2.75, 3.05) is 5.88 Å². The first-order chi connectivity index (χ1) is 9.10. The van der Waals surface area contributed by atoms with Crippen molar-refractivity contribution in [1.29, 1.82) is 0 Å². The number of hydrogen-bond acceptors (Lipinski definition) is 0. The van der Waals surface area contributed by atoms with E-state index in [9.17, 15) is 8.78 Å². The van der Waals surface area contributed by atoms with Gasteiger partial charge in [0.15, 0.2) is 0 Å². The number of rotatable bonds is 4. The van der Waals surface area contributed by atoms with Crippen molar-refractivity contribution in [3.63, 3.8) is 0 Å². The number of halogens is 3. The molecular weight excluding hydrogens is 266 g/mol. The average Bonchev–Trinajstić information content (AvgIpc) is 2.36. The Morgan fingerprint density at radius 2 is 1.68 bits per heavy atom. The monoisotopic (exact) mass is 280 g/mol. The highest BCUT2D eigenvalue weighted by molar-refractivity contribution is 6.18. The molecule has 0 saturated carbocycles. The summed E-state index contributed by atoms with van der Waals surface area (Å²) < 4.78 is 26.4. The van der Waals surface area contributed by atoms with Crippen LogP contribution in [0.4, 0.5) is 8.78 Å². The zero-order valence-corrected chi connectivity index (χ0v) is 11.4. The molecule has 0 heterocycles. The normalized spacial score (nSPS) is 12.4. The number of benzene rings is 2. The van der Waals surface area contributed by atoms with Gasteiger partial charge in [-0.15, -0.1) is 11.6 Å². The minimum Gasteiger partial charge on any atom is -0.207 e. The molecule has 3 heteroatoms. The lowest BCUT2D eigenvalue weighted by molar-refractivity contribution is 0.577. The summed E-state index contributed by atoms with van der Waals surface area (Å²) in [6.45, 7) is 2.01. The Morgan fingerprint density at radius 3 is 2.26 bits per heavy atom. The second-order valence-corrected chi connectivity index (χ2v) is 5.00. The smallest absolute Gasteiger partial charge is 0.126 e. The summed E-state index contributed by atoms with van der Waals surface area (Å²) in [5, 5.41) is 0. The maximum absolute atomic E-state index is 13.2. The number of aryl methyl sites for hydroxylation is 1. The molecule has 0 fully saturated rings. The van der Waals surface area contributed by atoms with Gasteiger partial charge in [0, 0.05) is 17.9 Å². The summed E-state index contributed by atoms with van der Waals surface area (Å²) in [4.78, 5) is 0. The van der Waals surface area contributed by atoms with E-state index >= 15 is 0 Å². The summed E-state index contributed by atoms with van der Waals surface area (Å²) >= 11 is 6.02. The topological polar surface area (TPSA) is 0 Å². The Bertz CT molecular complexity index is 546. The lowest BCUT2D eigenvalue weighted by Crippen LogP contribution is -2.07. The molecule has 0 aliphatic rings. The van der Waals surface area contributed by atoms with Crippen LogP contribution in [0.1, 0.15) is 22.6 Å². The van der Waals surface area contributed by atoms with Crippen molar-refractivity contribution in [3.05, 3.63) is 70.8 Å². The Balaban J connectivity index is 2.26. The van der Waals surface area contributed by atoms with Crippen molar-refractivity contribution < 1.29 is 8.78 Å². The number of alkyl halides is 1. The van der Waals surface area contributed by atoms with Crippen LogP contribution in [0.5, 0.6) is 0 Å². The van der Waals surface area contributed by atoms with Crippen molar-refractivity contribution in [1.82, 2.24) is 0 Å². The zero-order chi connectivity index (χ0) is 13.8. The first kappa shape index (κ1) is 14.0. The van der Waals surface area contributed by atoms with E-state index in [2.05, 4.69) is 0 Å². The van der Waals surface area contributed by atoms with E-state index in [1.165, 1.54) is 12.1 Å². The third-order valence-electron chi connectivity index (χ3n) is 3.22. The van der Waals surface area contributed by atoms with E-state index in [-0.39, 0.29) is 5.92 Å². The van der Waals surface area contributed by atoms with Gasteiger partial charge >= 0.3 is 0 Å². The van der Waals surface area contributed by atoms with Crippen LogP contribution in [-0.2, 0) is 6.42 Å². The fourth-order valence-corrected chi connectivity index (χ4v) is 2.58. The van der Waals surface area contributed by atoms with Crippen molar-refractivity contribution in [2.45, 2.75) is 19.3 Å². The maximum atomic E-state index is 13.2. The van der Waals surface area contributed by atoms with Gasteiger partial charge in [0.05, 0.1) is 0 Å². The molecule has 1 atom stereocenters. The van der Waals surface area contributed by atoms with Crippen molar-refractivity contribution in [2.24, 2.45) is 0 Å². The van der Waals surface area contributed by atoms with Crippen LogP contribution in [0, 0.1) is 18.6 Å². The minimum absolute atomic E-state index is 0.0593. The molecule has 2 aromatic carbocycles. The van der Waals surface area contributed by atoms with E-state index < -0.39 is 11.6 Å². The largest absolute Gasteiger partial charge is 0.207 e. The van der Waals surface area contributed by atoms with Crippen molar-refractivity contribution >= 4 is 11.6 Å². The lowest BCUT2D eigenvalue weighted by atomic mass is 9.90. The highest BCUT2D eigenvalue weighted by atomic mass is 35.5. The maximum Gasteiger partial charge on any atom is 0.126 e. The second kappa shape index (κ2) is 6.16. The molecule has 0 saturated heterocycles. The van der Waals surface area contributed by atoms with Crippen LogP contribution < -0.4 is 0 Å². The molecule has 100 valence electrons. The van der Waals surface area contributed by atoms with E-state index in [1.807, 2.05) is 31.2 Å². The Labute approximate surface area is 117 Å².